The number of hydrogen-bond donors (Lipinski definition) is 1. The van der Waals surface area contributed by atoms with Gasteiger partial charge < -0.3 is 10.5 Å². The Balaban J connectivity index is 2.12. The van der Waals surface area contributed by atoms with Crippen LogP contribution in [0.1, 0.15) is 21.5 Å². The molecule has 2 aromatic carbocycles. The van der Waals surface area contributed by atoms with E-state index in [1.165, 1.54) is 7.11 Å². The number of hydrogen-bond acceptors (Lipinski definition) is 5. The molecule has 2 N–H and O–H groups in total. The molecule has 0 saturated heterocycles. The lowest BCUT2D eigenvalue weighted by molar-refractivity contribution is 0.0601. The molecule has 0 unspecified atom stereocenters. The molecule has 0 bridgehead atoms. The number of aromatic nitrogens is 1. The van der Waals surface area contributed by atoms with Gasteiger partial charge in [-0.2, -0.15) is 5.26 Å². The minimum atomic E-state index is -0.411. The largest absolute Gasteiger partial charge is 0.465 e. The van der Waals surface area contributed by atoms with Crippen LogP contribution < -0.4 is 5.73 Å². The number of nitrogens with zero attached hydrogens (tertiary/aromatic N) is 2. The van der Waals surface area contributed by atoms with Crippen LogP contribution >= 0.6 is 0 Å². The Morgan fingerprint density at radius 3 is 2.27 bits per heavy atom. The lowest BCUT2D eigenvalue weighted by atomic mass is 9.97. The molecular formula is C21H17N3O2. The Bertz CT molecular complexity index is 1000. The molecular weight excluding hydrogens is 326 g/mol. The zero-order chi connectivity index (χ0) is 18.7. The molecule has 0 aliphatic rings. The first-order valence-electron chi connectivity index (χ1n) is 8.00. The normalized spacial score (nSPS) is 10.2. The third-order valence-corrected chi connectivity index (χ3v) is 4.12. The number of pyridine rings is 1. The second-order valence-electron chi connectivity index (χ2n) is 5.86. The molecule has 5 nitrogen and oxygen atoms in total. The first kappa shape index (κ1) is 17.2. The van der Waals surface area contributed by atoms with E-state index in [1.54, 1.807) is 24.3 Å². The number of ether oxygens (including phenoxy) is 1. The van der Waals surface area contributed by atoms with Gasteiger partial charge in [0.05, 0.1) is 18.4 Å². The maximum absolute atomic E-state index is 11.6. The summed E-state index contributed by atoms with van der Waals surface area (Å²) in [6.07, 6.45) is 0. The van der Waals surface area contributed by atoms with E-state index in [1.807, 2.05) is 37.3 Å². The van der Waals surface area contributed by atoms with Crippen molar-refractivity contribution < 1.29 is 9.53 Å². The first-order valence-corrected chi connectivity index (χ1v) is 8.00. The molecule has 26 heavy (non-hydrogen) atoms. The molecule has 1 aromatic heterocycles. The van der Waals surface area contributed by atoms with Crippen molar-refractivity contribution >= 4 is 11.8 Å². The van der Waals surface area contributed by atoms with Crippen molar-refractivity contribution in [2.75, 3.05) is 12.8 Å². The fourth-order valence-corrected chi connectivity index (χ4v) is 2.69. The third kappa shape index (κ3) is 3.26. The summed E-state index contributed by atoms with van der Waals surface area (Å²) >= 11 is 0. The molecule has 3 rings (SSSR count). The minimum Gasteiger partial charge on any atom is -0.465 e. The maximum atomic E-state index is 11.6. The number of methoxy groups -OCH3 is 1. The molecule has 0 atom stereocenters. The number of nitrogens with two attached hydrogens (primary N) is 1. The van der Waals surface area contributed by atoms with Gasteiger partial charge in [0, 0.05) is 11.1 Å². The zero-order valence-corrected chi connectivity index (χ0v) is 14.5. The van der Waals surface area contributed by atoms with Gasteiger partial charge >= 0.3 is 5.97 Å². The fraction of sp³-hybridized carbons (Fsp3) is 0.0952. The average Bonchev–Trinajstić information content (AvgIpc) is 2.67. The van der Waals surface area contributed by atoms with Gasteiger partial charge in [0.2, 0.25) is 0 Å². The van der Waals surface area contributed by atoms with Crippen molar-refractivity contribution in [3.63, 3.8) is 0 Å². The number of esters is 1. The molecule has 128 valence electrons. The topological polar surface area (TPSA) is 89.0 Å². The summed E-state index contributed by atoms with van der Waals surface area (Å²) in [5.74, 6) is -0.232. The molecule has 5 heteroatoms. The van der Waals surface area contributed by atoms with E-state index in [-0.39, 0.29) is 5.82 Å². The van der Waals surface area contributed by atoms with Crippen LogP contribution in [-0.2, 0) is 4.74 Å². The second kappa shape index (κ2) is 7.08. The van der Waals surface area contributed by atoms with Crippen LogP contribution in [0.2, 0.25) is 0 Å². The molecule has 0 aliphatic carbocycles. The number of anilines is 1. The Labute approximate surface area is 151 Å². The third-order valence-electron chi connectivity index (χ3n) is 4.12. The van der Waals surface area contributed by atoms with Crippen LogP contribution in [-0.4, -0.2) is 18.1 Å². The lowest BCUT2D eigenvalue weighted by Crippen LogP contribution is -2.02. The summed E-state index contributed by atoms with van der Waals surface area (Å²) in [7, 11) is 1.33. The van der Waals surface area contributed by atoms with Crippen molar-refractivity contribution in [1.82, 2.24) is 4.98 Å². The van der Waals surface area contributed by atoms with Gasteiger partial charge in [0.1, 0.15) is 17.5 Å². The van der Waals surface area contributed by atoms with Gasteiger partial charge in [0.25, 0.3) is 0 Å². The number of carbonyl (C=O) groups excluding carboxylic acids is 1. The summed E-state index contributed by atoms with van der Waals surface area (Å²) in [5.41, 5.74) is 11.0. The second-order valence-corrected chi connectivity index (χ2v) is 5.86. The molecule has 0 amide bonds. The quantitative estimate of drug-likeness (QED) is 0.727. The van der Waals surface area contributed by atoms with Crippen LogP contribution in [0.4, 0.5) is 5.82 Å². The fourth-order valence-electron chi connectivity index (χ4n) is 2.69. The molecule has 3 aromatic rings. The van der Waals surface area contributed by atoms with Gasteiger partial charge in [0.15, 0.2) is 0 Å². The molecule has 0 radical (unpaired) electrons. The maximum Gasteiger partial charge on any atom is 0.337 e. The van der Waals surface area contributed by atoms with E-state index in [2.05, 4.69) is 11.1 Å². The number of nitriles is 1. The van der Waals surface area contributed by atoms with Gasteiger partial charge in [-0.3, -0.25) is 0 Å². The SMILES string of the molecule is COC(=O)c1ccc(-c2cc(-c3ccc(C)cc3)nc(N)c2C#N)cc1. The van der Waals surface area contributed by atoms with Crippen LogP contribution in [0.3, 0.4) is 0 Å². The van der Waals surface area contributed by atoms with E-state index in [9.17, 15) is 10.1 Å². The van der Waals surface area contributed by atoms with Gasteiger partial charge in [-0.15, -0.1) is 0 Å². The number of carbonyl (C=O) groups is 1. The number of rotatable bonds is 3. The molecule has 0 spiro atoms. The number of benzene rings is 2. The summed E-state index contributed by atoms with van der Waals surface area (Å²) in [6.45, 7) is 2.01. The van der Waals surface area contributed by atoms with Crippen molar-refractivity contribution in [2.45, 2.75) is 6.92 Å². The van der Waals surface area contributed by atoms with Crippen molar-refractivity contribution in [1.29, 1.82) is 5.26 Å². The molecule has 0 aliphatic heterocycles. The van der Waals surface area contributed by atoms with Gasteiger partial charge in [-0.25, -0.2) is 9.78 Å². The van der Waals surface area contributed by atoms with Crippen molar-refractivity contribution in [3.05, 3.63) is 71.3 Å². The Morgan fingerprint density at radius 2 is 1.69 bits per heavy atom. The predicted octanol–water partition coefficient (Wildman–Crippen LogP) is 3.96. The van der Waals surface area contributed by atoms with E-state index >= 15 is 0 Å². The van der Waals surface area contributed by atoms with E-state index in [4.69, 9.17) is 10.5 Å². The van der Waals surface area contributed by atoms with E-state index in [0.29, 0.717) is 22.4 Å². The highest BCUT2D eigenvalue weighted by Crippen LogP contribution is 2.31. The van der Waals surface area contributed by atoms with Crippen LogP contribution in [0.15, 0.2) is 54.6 Å². The number of aryl methyl sites for hydroxylation is 1. The smallest absolute Gasteiger partial charge is 0.337 e. The monoisotopic (exact) mass is 343 g/mol. The van der Waals surface area contributed by atoms with Crippen LogP contribution in [0, 0.1) is 18.3 Å². The Morgan fingerprint density at radius 1 is 1.08 bits per heavy atom. The lowest BCUT2D eigenvalue weighted by Gasteiger charge is -2.11. The van der Waals surface area contributed by atoms with Crippen molar-refractivity contribution in [3.8, 4) is 28.5 Å². The van der Waals surface area contributed by atoms with Crippen molar-refractivity contribution in [2.24, 2.45) is 0 Å². The van der Waals surface area contributed by atoms with E-state index in [0.717, 1.165) is 16.7 Å². The van der Waals surface area contributed by atoms with Crippen LogP contribution in [0.25, 0.3) is 22.4 Å². The average molecular weight is 343 g/mol. The highest BCUT2D eigenvalue weighted by molar-refractivity contribution is 5.90. The first-order chi connectivity index (χ1) is 12.5. The summed E-state index contributed by atoms with van der Waals surface area (Å²) < 4.78 is 4.71. The standard InChI is InChI=1S/C21H17N3O2/c1-13-3-5-15(6-4-13)19-11-17(18(12-22)20(23)24-19)14-7-9-16(10-8-14)21(25)26-2/h3-11H,1-2H3,(H2,23,24). The summed E-state index contributed by atoms with van der Waals surface area (Å²) in [6, 6.07) is 18.7. The summed E-state index contributed by atoms with van der Waals surface area (Å²) in [5, 5.41) is 9.50. The van der Waals surface area contributed by atoms with E-state index < -0.39 is 5.97 Å². The Kier molecular flexibility index (Phi) is 4.68. The Hall–Kier alpha value is -3.65. The molecule has 0 saturated carbocycles. The van der Waals surface area contributed by atoms with Gasteiger partial charge in [-0.1, -0.05) is 42.0 Å². The highest BCUT2D eigenvalue weighted by atomic mass is 16.5. The van der Waals surface area contributed by atoms with Crippen LogP contribution in [0.5, 0.6) is 0 Å². The molecule has 1 heterocycles. The zero-order valence-electron chi connectivity index (χ0n) is 14.5. The number of nitrogen functional groups attached to an aromatic ring is 1. The minimum absolute atomic E-state index is 0.178. The molecule has 0 fully saturated rings. The van der Waals surface area contributed by atoms with Gasteiger partial charge in [-0.05, 0) is 30.7 Å². The predicted molar refractivity (Wildman–Crippen MR) is 100 cm³/mol. The summed E-state index contributed by atoms with van der Waals surface area (Å²) in [4.78, 5) is 16.0. The highest BCUT2D eigenvalue weighted by Gasteiger charge is 2.14.